The highest BCUT2D eigenvalue weighted by Gasteiger charge is 1.90. The van der Waals surface area contributed by atoms with Crippen molar-refractivity contribution in [2.45, 2.75) is 26.2 Å². The van der Waals surface area contributed by atoms with Crippen molar-refractivity contribution in [3.63, 3.8) is 0 Å². The molecule has 0 aromatic heterocycles. The van der Waals surface area contributed by atoms with E-state index >= 15 is 0 Å². The molecule has 0 saturated carbocycles. The van der Waals surface area contributed by atoms with Gasteiger partial charge in [0, 0.05) is 0 Å². The van der Waals surface area contributed by atoms with E-state index < -0.39 is 0 Å². The first kappa shape index (κ1) is 8.79. The maximum Gasteiger partial charge on any atom is 0.0584 e. The summed E-state index contributed by atoms with van der Waals surface area (Å²) >= 11 is 8.87. The Balaban J connectivity index is 2.99. The molecule has 0 heterocycles. The van der Waals surface area contributed by atoms with E-state index in [1.165, 1.54) is 23.6 Å². The zero-order valence-corrected chi connectivity index (χ0v) is 7.41. The molecule has 0 unspecified atom stereocenters. The molecule has 0 radical (unpaired) electrons. The van der Waals surface area contributed by atoms with Gasteiger partial charge in [-0.3, -0.25) is 0 Å². The Bertz CT molecular complexity index is 70.1. The summed E-state index contributed by atoms with van der Waals surface area (Å²) in [5.41, 5.74) is 0. The largest absolute Gasteiger partial charge is 0.106 e. The first-order valence-electron chi connectivity index (χ1n) is 2.65. The molecule has 3 heteroatoms. The van der Waals surface area contributed by atoms with Gasteiger partial charge in [0.1, 0.15) is 0 Å². The molecular weight excluding hydrogens is 156 g/mol. The number of hydrogen-bond donors (Lipinski definition) is 1. The molecule has 0 bridgehead atoms. The second kappa shape index (κ2) is 5.92. The van der Waals surface area contributed by atoms with Crippen LogP contribution in [-0.2, 0) is 0 Å². The summed E-state index contributed by atoms with van der Waals surface area (Å²) in [6, 6.07) is 0. The Kier molecular flexibility index (Phi) is 6.50. The molecule has 0 aliphatic heterocycles. The minimum Gasteiger partial charge on any atom is -0.106 e. The van der Waals surface area contributed by atoms with Crippen LogP contribution in [-0.4, -0.2) is 4.20 Å². The van der Waals surface area contributed by atoms with Gasteiger partial charge in [-0.05, 0) is 12.8 Å². The van der Waals surface area contributed by atoms with Crippen LogP contribution < -0.4 is 0 Å². The topological polar surface area (TPSA) is 0 Å². The first-order chi connectivity index (χ1) is 3.81. The van der Waals surface area contributed by atoms with Crippen LogP contribution in [0.2, 0.25) is 0 Å². The van der Waals surface area contributed by atoms with Gasteiger partial charge < -0.3 is 0 Å². The van der Waals surface area contributed by atoms with Crippen LogP contribution in [0.3, 0.4) is 0 Å². The van der Waals surface area contributed by atoms with Gasteiger partial charge in [0.25, 0.3) is 0 Å². The molecular formula is C5H10S3. The van der Waals surface area contributed by atoms with Crippen LogP contribution in [0.15, 0.2) is 0 Å². The quantitative estimate of drug-likeness (QED) is 0.389. The molecule has 0 aliphatic carbocycles. The van der Waals surface area contributed by atoms with Crippen molar-refractivity contribution >= 4 is 38.9 Å². The summed E-state index contributed by atoms with van der Waals surface area (Å²) in [6.45, 7) is 2.16. The normalized spacial score (nSPS) is 9.25. The molecule has 0 fully saturated rings. The molecule has 0 aromatic rings. The fourth-order valence-corrected chi connectivity index (χ4v) is 1.02. The van der Waals surface area contributed by atoms with Crippen LogP contribution in [0.5, 0.6) is 0 Å². The Morgan fingerprint density at radius 2 is 2.38 bits per heavy atom. The van der Waals surface area contributed by atoms with Gasteiger partial charge in [0.2, 0.25) is 0 Å². The van der Waals surface area contributed by atoms with Crippen LogP contribution >= 0.6 is 34.7 Å². The molecule has 0 aliphatic rings. The highest BCUT2D eigenvalue weighted by Crippen LogP contribution is 2.13. The van der Waals surface area contributed by atoms with Gasteiger partial charge in [-0.25, -0.2) is 0 Å². The minimum atomic E-state index is 1.01. The number of unbranched alkanes of at least 4 members (excludes halogenated alkanes) is 1. The fourth-order valence-electron chi connectivity index (χ4n) is 0.367. The van der Waals surface area contributed by atoms with Crippen LogP contribution in [0.4, 0.5) is 0 Å². The highest BCUT2D eigenvalue weighted by molar-refractivity contribution is 8.76. The van der Waals surface area contributed by atoms with Crippen LogP contribution in [0, 0.1) is 0 Å². The van der Waals surface area contributed by atoms with E-state index in [0.29, 0.717) is 0 Å². The molecule has 0 nitrogen and oxygen atoms in total. The maximum atomic E-state index is 4.91. The molecule has 8 heavy (non-hydrogen) atoms. The number of thiol groups is 1. The van der Waals surface area contributed by atoms with Gasteiger partial charge in [0.05, 0.1) is 4.20 Å². The third kappa shape index (κ3) is 4.94. The van der Waals surface area contributed by atoms with E-state index in [2.05, 4.69) is 18.6 Å². The van der Waals surface area contributed by atoms with E-state index in [9.17, 15) is 0 Å². The van der Waals surface area contributed by atoms with Crippen molar-refractivity contribution in [1.29, 1.82) is 0 Å². The molecule has 0 spiro atoms. The predicted octanol–water partition coefficient (Wildman–Crippen LogP) is 3.08. The van der Waals surface area contributed by atoms with Crippen LogP contribution in [0.1, 0.15) is 26.2 Å². The van der Waals surface area contributed by atoms with Crippen molar-refractivity contribution < 1.29 is 0 Å². The smallest absolute Gasteiger partial charge is 0.0584 e. The Morgan fingerprint density at radius 1 is 1.75 bits per heavy atom. The Hall–Kier alpha value is 0.790. The van der Waals surface area contributed by atoms with E-state index in [1.807, 2.05) is 0 Å². The Morgan fingerprint density at radius 3 is 2.75 bits per heavy atom. The summed E-state index contributed by atoms with van der Waals surface area (Å²) in [5, 5.41) is 0. The van der Waals surface area contributed by atoms with E-state index in [4.69, 9.17) is 12.2 Å². The second-order valence-corrected chi connectivity index (χ2v) is 3.54. The van der Waals surface area contributed by atoms with Crippen molar-refractivity contribution in [3.8, 4) is 0 Å². The highest BCUT2D eigenvalue weighted by atomic mass is 33.1. The monoisotopic (exact) mass is 166 g/mol. The molecule has 0 atom stereocenters. The standard InChI is InChI=1S/C5H10S3/c1-2-3-4-5(6)8-7/h7H,2-4H2,1H3. The number of hydrogen-bond acceptors (Lipinski definition) is 3. The van der Waals surface area contributed by atoms with Gasteiger partial charge in [-0.15, -0.1) is 11.7 Å². The van der Waals surface area contributed by atoms with E-state index in [-0.39, 0.29) is 0 Å². The van der Waals surface area contributed by atoms with E-state index in [0.717, 1.165) is 10.6 Å². The number of rotatable bonds is 3. The summed E-state index contributed by atoms with van der Waals surface area (Å²) < 4.78 is 1.01. The summed E-state index contributed by atoms with van der Waals surface area (Å²) in [7, 11) is 1.39. The van der Waals surface area contributed by atoms with Crippen molar-refractivity contribution in [2.24, 2.45) is 0 Å². The zero-order valence-electron chi connectivity index (χ0n) is 4.89. The van der Waals surface area contributed by atoms with Gasteiger partial charge in [-0.2, -0.15) is 0 Å². The van der Waals surface area contributed by atoms with Crippen molar-refractivity contribution in [3.05, 3.63) is 0 Å². The molecule has 48 valence electrons. The predicted molar refractivity (Wildman–Crippen MR) is 48.7 cm³/mol. The maximum absolute atomic E-state index is 4.91. The number of thiocarbonyl (C=S) groups is 1. The fraction of sp³-hybridized carbons (Fsp3) is 0.800. The zero-order chi connectivity index (χ0) is 6.41. The lowest BCUT2D eigenvalue weighted by Crippen LogP contribution is -1.82. The van der Waals surface area contributed by atoms with Gasteiger partial charge in [-0.1, -0.05) is 36.4 Å². The lowest BCUT2D eigenvalue weighted by molar-refractivity contribution is 0.845. The Labute approximate surface area is 65.2 Å². The minimum absolute atomic E-state index is 1.01. The van der Waals surface area contributed by atoms with Gasteiger partial charge in [0.15, 0.2) is 0 Å². The average molecular weight is 166 g/mol. The first-order valence-corrected chi connectivity index (χ1v) is 4.93. The summed E-state index contributed by atoms with van der Waals surface area (Å²) in [6.07, 6.45) is 3.46. The molecule has 0 aromatic carbocycles. The lowest BCUT2D eigenvalue weighted by atomic mass is 10.3. The van der Waals surface area contributed by atoms with Gasteiger partial charge >= 0.3 is 0 Å². The third-order valence-electron chi connectivity index (χ3n) is 0.836. The lowest BCUT2D eigenvalue weighted by Gasteiger charge is -1.93. The average Bonchev–Trinajstić information content (AvgIpc) is 1.83. The third-order valence-corrected chi connectivity index (χ3v) is 2.73. The van der Waals surface area contributed by atoms with Crippen molar-refractivity contribution in [1.82, 2.24) is 0 Å². The summed E-state index contributed by atoms with van der Waals surface area (Å²) in [5.74, 6) is 0. The molecule has 0 saturated heterocycles. The molecule has 0 amide bonds. The molecule has 0 rings (SSSR count). The second-order valence-electron chi connectivity index (χ2n) is 1.57. The molecule has 0 N–H and O–H groups in total. The summed E-state index contributed by atoms with van der Waals surface area (Å²) in [4.78, 5) is 0. The van der Waals surface area contributed by atoms with Crippen LogP contribution in [0.25, 0.3) is 0 Å². The SMILES string of the molecule is CCCCC(=S)SS. The van der Waals surface area contributed by atoms with Crippen molar-refractivity contribution in [2.75, 3.05) is 0 Å². The van der Waals surface area contributed by atoms with E-state index in [1.54, 1.807) is 0 Å².